The number of ether oxygens (including phenoxy) is 1. The first-order valence-electron chi connectivity index (χ1n) is 6.58. The van der Waals surface area contributed by atoms with Crippen LogP contribution in [0.4, 0.5) is 0 Å². The molecule has 0 aliphatic carbocycles. The third kappa shape index (κ3) is 3.37. The molecule has 0 radical (unpaired) electrons. The number of hydrogen-bond acceptors (Lipinski definition) is 4. The molecule has 1 unspecified atom stereocenters. The minimum Gasteiger partial charge on any atom is -0.377 e. The molecule has 0 saturated carbocycles. The predicted octanol–water partition coefficient (Wildman–Crippen LogP) is 1.55. The molecule has 5 nitrogen and oxygen atoms in total. The van der Waals surface area contributed by atoms with Crippen molar-refractivity contribution in [2.45, 2.75) is 30.3 Å². The highest BCUT2D eigenvalue weighted by atomic mass is 32.2. The van der Waals surface area contributed by atoms with Gasteiger partial charge in [-0.25, -0.2) is 8.42 Å². The Morgan fingerprint density at radius 2 is 2.10 bits per heavy atom. The summed E-state index contributed by atoms with van der Waals surface area (Å²) in [6.45, 7) is 1.09. The van der Waals surface area contributed by atoms with Crippen molar-refractivity contribution in [3.63, 3.8) is 0 Å². The van der Waals surface area contributed by atoms with Gasteiger partial charge in [-0.05, 0) is 30.5 Å². The lowest BCUT2D eigenvalue weighted by Crippen LogP contribution is -2.34. The molecule has 0 spiro atoms. The minimum atomic E-state index is -3.49. The van der Waals surface area contributed by atoms with Crippen LogP contribution in [-0.4, -0.2) is 39.0 Å². The van der Waals surface area contributed by atoms with Crippen molar-refractivity contribution in [3.8, 4) is 6.07 Å². The Hall–Kier alpha value is -1.42. The van der Waals surface area contributed by atoms with Gasteiger partial charge in [-0.1, -0.05) is 12.1 Å². The first-order valence-corrected chi connectivity index (χ1v) is 8.02. The molecule has 0 N–H and O–H groups in total. The Bertz CT molecular complexity index is 584. The molecule has 1 heterocycles. The summed E-state index contributed by atoms with van der Waals surface area (Å²) in [5, 5.41) is 8.61. The van der Waals surface area contributed by atoms with Crippen LogP contribution in [0.15, 0.2) is 29.2 Å². The standard InChI is InChI=1S/C14H18N2O3S/c1-16(11-13-3-2-10-19-13)20(17,18)14-6-4-12(5-7-14)8-9-15/h4-7,13H,2-3,8,10-11H2,1H3. The Balaban J connectivity index is 2.10. The van der Waals surface area contributed by atoms with E-state index in [2.05, 4.69) is 0 Å². The Labute approximate surface area is 119 Å². The molecular weight excluding hydrogens is 276 g/mol. The van der Waals surface area contributed by atoms with Crippen molar-refractivity contribution < 1.29 is 13.2 Å². The van der Waals surface area contributed by atoms with E-state index in [9.17, 15) is 8.42 Å². The van der Waals surface area contributed by atoms with E-state index in [-0.39, 0.29) is 17.4 Å². The molecular formula is C14H18N2O3S. The van der Waals surface area contributed by atoms with Gasteiger partial charge >= 0.3 is 0 Å². The Morgan fingerprint density at radius 1 is 1.40 bits per heavy atom. The highest BCUT2D eigenvalue weighted by Gasteiger charge is 2.25. The quantitative estimate of drug-likeness (QED) is 0.826. The SMILES string of the molecule is CN(CC1CCCO1)S(=O)(=O)c1ccc(CC#N)cc1. The fourth-order valence-electron chi connectivity index (χ4n) is 2.22. The molecule has 0 amide bonds. The van der Waals surface area contributed by atoms with Gasteiger partial charge in [0.15, 0.2) is 0 Å². The molecule has 1 aromatic carbocycles. The maximum absolute atomic E-state index is 12.4. The van der Waals surface area contributed by atoms with Gasteiger partial charge < -0.3 is 4.74 Å². The van der Waals surface area contributed by atoms with E-state index < -0.39 is 10.0 Å². The van der Waals surface area contributed by atoms with Crippen molar-refractivity contribution >= 4 is 10.0 Å². The highest BCUT2D eigenvalue weighted by Crippen LogP contribution is 2.19. The Kier molecular flexibility index (Phi) is 4.76. The summed E-state index contributed by atoms with van der Waals surface area (Å²) in [7, 11) is -1.92. The van der Waals surface area contributed by atoms with Gasteiger partial charge in [0.1, 0.15) is 0 Å². The Morgan fingerprint density at radius 3 is 2.65 bits per heavy atom. The molecule has 1 atom stereocenters. The van der Waals surface area contributed by atoms with Gasteiger partial charge in [-0.15, -0.1) is 0 Å². The minimum absolute atomic E-state index is 0.00682. The molecule has 1 aromatic rings. The zero-order chi connectivity index (χ0) is 14.6. The van der Waals surface area contributed by atoms with Gasteiger partial charge in [-0.2, -0.15) is 9.57 Å². The van der Waals surface area contributed by atoms with E-state index in [0.717, 1.165) is 18.4 Å². The second kappa shape index (κ2) is 6.35. The van der Waals surface area contributed by atoms with Crippen molar-refractivity contribution in [2.24, 2.45) is 0 Å². The average Bonchev–Trinajstić information content (AvgIpc) is 2.92. The third-order valence-corrected chi connectivity index (χ3v) is 5.24. The lowest BCUT2D eigenvalue weighted by Gasteiger charge is -2.20. The fraction of sp³-hybridized carbons (Fsp3) is 0.500. The average molecular weight is 294 g/mol. The number of benzene rings is 1. The molecule has 0 aromatic heterocycles. The predicted molar refractivity (Wildman–Crippen MR) is 74.5 cm³/mol. The number of nitrogens with zero attached hydrogens (tertiary/aromatic N) is 2. The van der Waals surface area contributed by atoms with Crippen LogP contribution in [-0.2, 0) is 21.2 Å². The van der Waals surface area contributed by atoms with E-state index >= 15 is 0 Å². The second-order valence-electron chi connectivity index (χ2n) is 4.90. The van der Waals surface area contributed by atoms with Crippen LogP contribution in [0.3, 0.4) is 0 Å². The summed E-state index contributed by atoms with van der Waals surface area (Å²) in [5.41, 5.74) is 0.813. The van der Waals surface area contributed by atoms with E-state index in [1.165, 1.54) is 4.31 Å². The van der Waals surface area contributed by atoms with Crippen LogP contribution >= 0.6 is 0 Å². The largest absolute Gasteiger partial charge is 0.377 e. The van der Waals surface area contributed by atoms with E-state index in [4.69, 9.17) is 10.00 Å². The molecule has 108 valence electrons. The number of likely N-dealkylation sites (N-methyl/N-ethyl adjacent to an activating group) is 1. The maximum Gasteiger partial charge on any atom is 0.242 e. The van der Waals surface area contributed by atoms with Gasteiger partial charge in [-0.3, -0.25) is 0 Å². The molecule has 6 heteroatoms. The van der Waals surface area contributed by atoms with Gasteiger partial charge in [0.2, 0.25) is 10.0 Å². The zero-order valence-electron chi connectivity index (χ0n) is 11.4. The van der Waals surface area contributed by atoms with E-state index in [1.54, 1.807) is 31.3 Å². The monoisotopic (exact) mass is 294 g/mol. The van der Waals surface area contributed by atoms with Gasteiger partial charge in [0.25, 0.3) is 0 Å². The van der Waals surface area contributed by atoms with Crippen molar-refractivity contribution in [1.29, 1.82) is 5.26 Å². The first-order chi connectivity index (χ1) is 9.54. The highest BCUT2D eigenvalue weighted by molar-refractivity contribution is 7.89. The molecule has 1 aliphatic rings. The molecule has 0 bridgehead atoms. The third-order valence-electron chi connectivity index (χ3n) is 3.40. The van der Waals surface area contributed by atoms with E-state index in [1.807, 2.05) is 6.07 Å². The first kappa shape index (κ1) is 15.0. The fourth-order valence-corrected chi connectivity index (χ4v) is 3.43. The summed E-state index contributed by atoms with van der Waals surface area (Å²) in [6.07, 6.45) is 2.17. The zero-order valence-corrected chi connectivity index (χ0v) is 12.3. The number of nitriles is 1. The van der Waals surface area contributed by atoms with Crippen molar-refractivity contribution in [1.82, 2.24) is 4.31 Å². The topological polar surface area (TPSA) is 70.4 Å². The summed E-state index contributed by atoms with van der Waals surface area (Å²) < 4.78 is 31.6. The summed E-state index contributed by atoms with van der Waals surface area (Å²) >= 11 is 0. The second-order valence-corrected chi connectivity index (χ2v) is 6.94. The summed E-state index contributed by atoms with van der Waals surface area (Å²) in [4.78, 5) is 0.250. The lowest BCUT2D eigenvalue weighted by atomic mass is 10.2. The van der Waals surface area contributed by atoms with Gasteiger partial charge in [0, 0.05) is 20.2 Å². The summed E-state index contributed by atoms with van der Waals surface area (Å²) in [6, 6.07) is 8.49. The van der Waals surface area contributed by atoms with Crippen LogP contribution in [0, 0.1) is 11.3 Å². The van der Waals surface area contributed by atoms with Crippen molar-refractivity contribution in [3.05, 3.63) is 29.8 Å². The van der Waals surface area contributed by atoms with Crippen LogP contribution in [0.2, 0.25) is 0 Å². The van der Waals surface area contributed by atoms with Crippen LogP contribution in [0.25, 0.3) is 0 Å². The van der Waals surface area contributed by atoms with E-state index in [0.29, 0.717) is 13.2 Å². The molecule has 1 fully saturated rings. The number of rotatable bonds is 5. The number of sulfonamides is 1. The summed E-state index contributed by atoms with van der Waals surface area (Å²) in [5.74, 6) is 0. The van der Waals surface area contributed by atoms with Crippen LogP contribution in [0.1, 0.15) is 18.4 Å². The van der Waals surface area contributed by atoms with Crippen LogP contribution in [0.5, 0.6) is 0 Å². The molecule has 20 heavy (non-hydrogen) atoms. The smallest absolute Gasteiger partial charge is 0.242 e. The molecule has 1 aliphatic heterocycles. The van der Waals surface area contributed by atoms with Crippen molar-refractivity contribution in [2.75, 3.05) is 20.2 Å². The maximum atomic E-state index is 12.4. The molecule has 1 saturated heterocycles. The van der Waals surface area contributed by atoms with Crippen LogP contribution < -0.4 is 0 Å². The normalized spacial score (nSPS) is 19.1. The molecule has 2 rings (SSSR count). The lowest BCUT2D eigenvalue weighted by molar-refractivity contribution is 0.0979. The number of hydrogen-bond donors (Lipinski definition) is 0. The van der Waals surface area contributed by atoms with Gasteiger partial charge in [0.05, 0.1) is 23.5 Å².